The third-order valence-electron chi connectivity index (χ3n) is 14.1. The molecule has 0 aliphatic heterocycles. The quantitative estimate of drug-likeness (QED) is 0.109. The van der Waals surface area contributed by atoms with Crippen LogP contribution in [0.1, 0.15) is 128 Å². The molecule has 0 aromatic heterocycles. The Hall–Kier alpha value is -1.47. The number of unbranched alkanes of at least 4 members (excludes halogenated alkanes) is 1. The summed E-state index contributed by atoms with van der Waals surface area (Å²) in [5.74, 6) is 3.70. The van der Waals surface area contributed by atoms with E-state index in [-0.39, 0.29) is 23.6 Å². The molecule has 0 radical (unpaired) electrons. The number of nitrogens with one attached hydrogen (secondary N) is 2. The molecular weight excluding hydrogens is 582 g/mol. The lowest BCUT2D eigenvalue weighted by atomic mass is 9.43. The number of fused-ring (bicyclic) bond motifs is 5. The summed E-state index contributed by atoms with van der Waals surface area (Å²) in [6.45, 7) is 15.9. The molecule has 4 fully saturated rings. The van der Waals surface area contributed by atoms with Crippen LogP contribution in [0.25, 0.3) is 0 Å². The van der Waals surface area contributed by atoms with Gasteiger partial charge in [-0.1, -0.05) is 52.8 Å². The second kappa shape index (κ2) is 16.5. The van der Waals surface area contributed by atoms with Crippen LogP contribution in [0.15, 0.2) is 30.3 Å². The molecule has 2 unspecified atom stereocenters. The first-order valence-electron chi connectivity index (χ1n) is 19.7. The Morgan fingerprint density at radius 3 is 2.38 bits per heavy atom. The third-order valence-corrected chi connectivity index (χ3v) is 14.1. The van der Waals surface area contributed by atoms with Crippen LogP contribution in [0.2, 0.25) is 0 Å². The maximum atomic E-state index is 13.7. The second-order valence-electron chi connectivity index (χ2n) is 17.2. The van der Waals surface area contributed by atoms with E-state index in [1.807, 2.05) is 30.3 Å². The van der Waals surface area contributed by atoms with Crippen molar-refractivity contribution in [2.24, 2.45) is 58.0 Å². The molecule has 1 aromatic rings. The molecule has 6 heteroatoms. The first-order chi connectivity index (χ1) is 22.6. The van der Waals surface area contributed by atoms with Crippen LogP contribution in [0.4, 0.5) is 0 Å². The number of carbonyl (C=O) groups excluding carboxylic acids is 1. The van der Waals surface area contributed by atoms with Gasteiger partial charge in [-0.2, -0.15) is 0 Å². The molecule has 0 amide bonds. The van der Waals surface area contributed by atoms with Crippen LogP contribution >= 0.6 is 0 Å². The number of aliphatic hydroxyl groups is 1. The summed E-state index contributed by atoms with van der Waals surface area (Å²) in [5.41, 5.74) is 6.90. The van der Waals surface area contributed by atoms with E-state index in [0.29, 0.717) is 58.4 Å². The van der Waals surface area contributed by atoms with Crippen molar-refractivity contribution >= 4 is 5.97 Å². The Balaban J connectivity index is 1.29. The van der Waals surface area contributed by atoms with Gasteiger partial charge in [0, 0.05) is 12.0 Å². The van der Waals surface area contributed by atoms with Crippen molar-refractivity contribution in [2.45, 2.75) is 136 Å². The minimum Gasteiger partial charge on any atom is -0.458 e. The molecular formula is C41H69N3O3. The van der Waals surface area contributed by atoms with E-state index >= 15 is 0 Å². The smallest absolute Gasteiger partial charge is 0.338 e. The second-order valence-corrected chi connectivity index (χ2v) is 17.2. The predicted molar refractivity (Wildman–Crippen MR) is 193 cm³/mol. The van der Waals surface area contributed by atoms with Crippen molar-refractivity contribution in [1.29, 1.82) is 0 Å². The number of nitrogens with two attached hydrogens (primary N) is 1. The number of esters is 1. The molecule has 0 saturated heterocycles. The van der Waals surface area contributed by atoms with Gasteiger partial charge in [-0.25, -0.2) is 4.79 Å². The molecule has 0 bridgehead atoms. The Morgan fingerprint density at radius 2 is 1.64 bits per heavy atom. The first-order valence-corrected chi connectivity index (χ1v) is 19.7. The number of ether oxygens (including phenoxy) is 1. The van der Waals surface area contributed by atoms with E-state index < -0.39 is 0 Å². The van der Waals surface area contributed by atoms with Gasteiger partial charge in [0.2, 0.25) is 0 Å². The van der Waals surface area contributed by atoms with Gasteiger partial charge in [0.15, 0.2) is 0 Å². The number of hydrogen-bond acceptors (Lipinski definition) is 6. The Kier molecular flexibility index (Phi) is 12.9. The van der Waals surface area contributed by atoms with Gasteiger partial charge in [-0.15, -0.1) is 0 Å². The van der Waals surface area contributed by atoms with Crippen molar-refractivity contribution < 1.29 is 14.6 Å². The van der Waals surface area contributed by atoms with Crippen molar-refractivity contribution in [1.82, 2.24) is 10.6 Å². The molecule has 0 heterocycles. The third kappa shape index (κ3) is 8.30. The van der Waals surface area contributed by atoms with E-state index in [4.69, 9.17) is 10.5 Å². The van der Waals surface area contributed by atoms with Gasteiger partial charge in [0.1, 0.15) is 6.10 Å². The molecule has 266 valence electrons. The number of aliphatic hydroxyl groups excluding tert-OH is 1. The van der Waals surface area contributed by atoms with E-state index in [9.17, 15) is 9.90 Å². The minimum absolute atomic E-state index is 0.0105. The van der Waals surface area contributed by atoms with Crippen LogP contribution in [0.5, 0.6) is 0 Å². The van der Waals surface area contributed by atoms with Gasteiger partial charge in [-0.05, 0) is 168 Å². The summed E-state index contributed by atoms with van der Waals surface area (Å²) in [5, 5.41) is 18.1. The van der Waals surface area contributed by atoms with Gasteiger partial charge < -0.3 is 26.2 Å². The maximum Gasteiger partial charge on any atom is 0.338 e. The zero-order chi connectivity index (χ0) is 33.6. The summed E-state index contributed by atoms with van der Waals surface area (Å²) >= 11 is 0. The van der Waals surface area contributed by atoms with Crippen molar-refractivity contribution in [3.63, 3.8) is 0 Å². The largest absolute Gasteiger partial charge is 0.458 e. The predicted octanol–water partition coefficient (Wildman–Crippen LogP) is 7.59. The van der Waals surface area contributed by atoms with E-state index in [0.717, 1.165) is 64.7 Å². The highest BCUT2D eigenvalue weighted by Crippen LogP contribution is 2.68. The summed E-state index contributed by atoms with van der Waals surface area (Å²) in [6, 6.07) is 10.2. The zero-order valence-corrected chi connectivity index (χ0v) is 30.5. The molecule has 4 aliphatic carbocycles. The van der Waals surface area contributed by atoms with Crippen molar-refractivity contribution in [2.75, 3.05) is 26.2 Å². The highest BCUT2D eigenvalue weighted by atomic mass is 16.5. The molecule has 4 aliphatic rings. The summed E-state index contributed by atoms with van der Waals surface area (Å²) in [7, 11) is 0. The number of carbonyl (C=O) groups is 1. The fourth-order valence-electron chi connectivity index (χ4n) is 11.3. The molecule has 1 aromatic carbocycles. The molecule has 47 heavy (non-hydrogen) atoms. The van der Waals surface area contributed by atoms with E-state index in [1.165, 1.54) is 44.9 Å². The molecule has 11 atom stereocenters. The average Bonchev–Trinajstić information content (AvgIpc) is 3.42. The first kappa shape index (κ1) is 36.8. The molecule has 5 N–H and O–H groups in total. The van der Waals surface area contributed by atoms with Crippen LogP contribution in [-0.2, 0) is 4.74 Å². The van der Waals surface area contributed by atoms with Gasteiger partial charge >= 0.3 is 5.97 Å². The molecule has 5 rings (SSSR count). The molecule has 0 spiro atoms. The SMILES string of the molecule is CC(C)C(O)CC[C@@H](C)[C@H]1CC[C@H]2[C@@H]3[C@H](OC(=O)c4ccccc4)CC4C[C@@H](NCCCNCCCCN)CC[C@]4(C)[C@H]3CC[C@]12C. The topological polar surface area (TPSA) is 96.6 Å². The van der Waals surface area contributed by atoms with Crippen LogP contribution in [0.3, 0.4) is 0 Å². The van der Waals surface area contributed by atoms with Crippen molar-refractivity contribution in [3.05, 3.63) is 35.9 Å². The van der Waals surface area contributed by atoms with Crippen LogP contribution in [-0.4, -0.2) is 55.5 Å². The summed E-state index contributed by atoms with van der Waals surface area (Å²) < 4.78 is 6.68. The molecule has 6 nitrogen and oxygen atoms in total. The molecule has 4 saturated carbocycles. The van der Waals surface area contributed by atoms with E-state index in [2.05, 4.69) is 45.3 Å². The Labute approximate surface area is 287 Å². The van der Waals surface area contributed by atoms with Gasteiger partial charge in [0.05, 0.1) is 11.7 Å². The summed E-state index contributed by atoms with van der Waals surface area (Å²) in [6.07, 6.45) is 15.0. The summed E-state index contributed by atoms with van der Waals surface area (Å²) in [4.78, 5) is 13.7. The maximum absolute atomic E-state index is 13.7. The number of hydrogen-bond donors (Lipinski definition) is 4. The Bertz CT molecular complexity index is 1110. The lowest BCUT2D eigenvalue weighted by Crippen LogP contribution is -2.60. The van der Waals surface area contributed by atoms with Crippen LogP contribution < -0.4 is 16.4 Å². The fraction of sp³-hybridized carbons (Fsp3) is 0.829. The van der Waals surface area contributed by atoms with Gasteiger partial charge in [0.25, 0.3) is 0 Å². The Morgan fingerprint density at radius 1 is 0.915 bits per heavy atom. The number of rotatable bonds is 16. The fourth-order valence-corrected chi connectivity index (χ4v) is 11.3. The van der Waals surface area contributed by atoms with Crippen LogP contribution in [0, 0.1) is 52.3 Å². The highest BCUT2D eigenvalue weighted by Gasteiger charge is 2.63. The average molecular weight is 652 g/mol. The van der Waals surface area contributed by atoms with Gasteiger partial charge in [-0.3, -0.25) is 0 Å². The standard InChI is InChI=1S/C41H69N3O3/c1-28(2)36(45)17-14-29(3)33-15-16-34-38-35(19-21-41(33,34)5)40(4)20-18-32(44-25-11-24-43-23-10-9-22-42)26-31(40)27-37(38)47-39(46)30-12-7-6-8-13-30/h6-8,12-13,28-29,31-38,43-45H,9-11,14-27,42H2,1-5H3/t29-,31?,32+,33-,34+,35+,36?,37-,38+,40+,41-/m1/s1. The zero-order valence-electron chi connectivity index (χ0n) is 30.5. The van der Waals surface area contributed by atoms with Crippen molar-refractivity contribution in [3.8, 4) is 0 Å². The minimum atomic E-state index is -0.206. The normalized spacial score (nSPS) is 36.3. The lowest BCUT2D eigenvalue weighted by Gasteiger charge is -2.63. The lowest BCUT2D eigenvalue weighted by molar-refractivity contribution is -0.168. The number of benzene rings is 1. The monoisotopic (exact) mass is 652 g/mol. The highest BCUT2D eigenvalue weighted by molar-refractivity contribution is 5.89. The van der Waals surface area contributed by atoms with E-state index in [1.54, 1.807) is 0 Å².